The molecule has 0 amide bonds. The van der Waals surface area contributed by atoms with Gasteiger partial charge in [0.05, 0.1) is 0 Å². The van der Waals surface area contributed by atoms with Crippen LogP contribution in [-0.4, -0.2) is 4.98 Å². The number of hydrogen-bond donors (Lipinski definition) is 1. The molecule has 2 aromatic rings. The van der Waals surface area contributed by atoms with Crippen LogP contribution in [0.2, 0.25) is 0 Å². The number of pyridine rings is 1. The van der Waals surface area contributed by atoms with Gasteiger partial charge in [0.1, 0.15) is 11.5 Å². The van der Waals surface area contributed by atoms with Gasteiger partial charge in [0.25, 0.3) is 11.9 Å². The average molecular weight is 353 g/mol. The van der Waals surface area contributed by atoms with Gasteiger partial charge < -0.3 is 5.32 Å². The molecule has 0 saturated heterocycles. The molecule has 0 saturated carbocycles. The first-order valence-corrected chi connectivity index (χ1v) is 6.07. The van der Waals surface area contributed by atoms with Crippen LogP contribution in [0.15, 0.2) is 22.7 Å². The quantitative estimate of drug-likeness (QED) is 0.663. The molecular weight excluding hydrogens is 347 g/mol. The Morgan fingerprint density at radius 2 is 1.60 bits per heavy atom. The molecule has 0 aliphatic carbocycles. The molecule has 0 unspecified atom stereocenters. The molecule has 0 fully saturated rings. The van der Waals surface area contributed by atoms with E-state index >= 15 is 0 Å². The Hall–Kier alpha value is -1.70. The summed E-state index contributed by atoms with van der Waals surface area (Å²) in [7, 11) is 0. The lowest BCUT2D eigenvalue weighted by Crippen LogP contribution is -2.10. The van der Waals surface area contributed by atoms with Crippen LogP contribution in [0.4, 0.5) is 27.6 Å². The summed E-state index contributed by atoms with van der Waals surface area (Å²) < 4.78 is 66.3. The Bertz CT molecular complexity index is 637. The zero-order valence-corrected chi connectivity index (χ0v) is 11.2. The number of rotatable bonds is 3. The molecule has 0 atom stereocenters. The van der Waals surface area contributed by atoms with Gasteiger partial charge >= 0.3 is 0 Å². The maximum Gasteiger partial charge on any atom is 0.253 e. The van der Waals surface area contributed by atoms with E-state index in [0.29, 0.717) is 4.47 Å². The van der Waals surface area contributed by atoms with Crippen molar-refractivity contribution in [1.82, 2.24) is 4.98 Å². The number of benzene rings is 1. The Labute approximate surface area is 118 Å². The van der Waals surface area contributed by atoms with Gasteiger partial charge in [0, 0.05) is 16.6 Å². The monoisotopic (exact) mass is 352 g/mol. The Morgan fingerprint density at radius 3 is 2.15 bits per heavy atom. The van der Waals surface area contributed by atoms with Crippen molar-refractivity contribution in [3.63, 3.8) is 0 Å². The summed E-state index contributed by atoms with van der Waals surface area (Å²) in [6, 6.07) is 4.02. The van der Waals surface area contributed by atoms with E-state index in [9.17, 15) is 22.0 Å². The van der Waals surface area contributed by atoms with Crippen molar-refractivity contribution >= 4 is 21.6 Å². The fraction of sp³-hybridized carbons (Fsp3) is 0.0833. The number of nitrogens with one attached hydrogen (secondary N) is 1. The van der Waals surface area contributed by atoms with Crippen molar-refractivity contribution in [2.75, 3.05) is 5.32 Å². The predicted octanol–water partition coefficient (Wildman–Crippen LogP) is 4.15. The fourth-order valence-electron chi connectivity index (χ4n) is 1.49. The van der Waals surface area contributed by atoms with E-state index in [2.05, 4.69) is 26.2 Å². The van der Waals surface area contributed by atoms with Crippen LogP contribution < -0.4 is 5.32 Å². The summed E-state index contributed by atoms with van der Waals surface area (Å²) in [5, 5.41) is 2.11. The van der Waals surface area contributed by atoms with Gasteiger partial charge in [0.15, 0.2) is 0 Å². The van der Waals surface area contributed by atoms with Gasteiger partial charge in [-0.05, 0) is 12.1 Å². The number of halogens is 6. The first-order chi connectivity index (χ1) is 9.40. The molecule has 8 heteroatoms. The van der Waals surface area contributed by atoms with Crippen molar-refractivity contribution in [2.45, 2.75) is 6.54 Å². The molecule has 2 rings (SSSR count). The lowest BCUT2D eigenvalue weighted by atomic mass is 10.2. The third kappa shape index (κ3) is 2.90. The second-order valence-corrected chi connectivity index (χ2v) is 4.70. The van der Waals surface area contributed by atoms with Crippen molar-refractivity contribution in [3.05, 3.63) is 57.6 Å². The summed E-state index contributed by atoms with van der Waals surface area (Å²) in [5.41, 5.74) is -0.957. The zero-order valence-electron chi connectivity index (χ0n) is 9.65. The molecule has 1 aromatic carbocycles. The Morgan fingerprint density at radius 1 is 1.00 bits per heavy atom. The van der Waals surface area contributed by atoms with Gasteiger partial charge in [-0.25, -0.2) is 4.39 Å². The largest absolute Gasteiger partial charge is 0.376 e. The zero-order chi connectivity index (χ0) is 14.9. The van der Waals surface area contributed by atoms with Crippen LogP contribution in [-0.2, 0) is 6.54 Å². The molecule has 0 aliphatic rings. The van der Waals surface area contributed by atoms with Gasteiger partial charge in [-0.15, -0.1) is 0 Å². The van der Waals surface area contributed by atoms with E-state index in [1.165, 1.54) is 12.1 Å². The summed E-state index contributed by atoms with van der Waals surface area (Å²) in [6.07, 6.45) is 0. The maximum atomic E-state index is 13.5. The molecule has 20 heavy (non-hydrogen) atoms. The van der Waals surface area contributed by atoms with Crippen molar-refractivity contribution < 1.29 is 22.0 Å². The molecule has 2 nitrogen and oxygen atoms in total. The molecule has 0 aliphatic heterocycles. The normalized spacial score (nSPS) is 10.7. The lowest BCUT2D eigenvalue weighted by molar-refractivity contribution is 0.410. The van der Waals surface area contributed by atoms with Gasteiger partial charge in [-0.3, -0.25) is 0 Å². The Balaban J connectivity index is 2.27. The first-order valence-electron chi connectivity index (χ1n) is 5.28. The Kier molecular flexibility index (Phi) is 4.22. The van der Waals surface area contributed by atoms with Gasteiger partial charge in [0.2, 0.25) is 11.6 Å². The highest BCUT2D eigenvalue weighted by Gasteiger charge is 2.20. The lowest BCUT2D eigenvalue weighted by Gasteiger charge is -2.10. The highest BCUT2D eigenvalue weighted by Crippen LogP contribution is 2.23. The highest BCUT2D eigenvalue weighted by atomic mass is 79.9. The van der Waals surface area contributed by atoms with Crippen LogP contribution in [0.1, 0.15) is 5.56 Å². The molecule has 106 valence electrons. The minimum absolute atomic E-state index is 0.0737. The highest BCUT2D eigenvalue weighted by molar-refractivity contribution is 9.10. The average Bonchev–Trinajstić information content (AvgIpc) is 2.38. The predicted molar refractivity (Wildman–Crippen MR) is 65.5 cm³/mol. The van der Waals surface area contributed by atoms with E-state index in [1.54, 1.807) is 0 Å². The summed E-state index contributed by atoms with van der Waals surface area (Å²) in [4.78, 5) is 2.41. The van der Waals surface area contributed by atoms with E-state index in [1.807, 2.05) is 0 Å². The third-order valence-electron chi connectivity index (χ3n) is 2.47. The molecule has 1 aromatic heterocycles. The van der Waals surface area contributed by atoms with Crippen LogP contribution in [0.5, 0.6) is 0 Å². The minimum atomic E-state index is -1.78. The standard InChI is InChI=1S/C12H6BrF5N2/c13-6-2-1-5(7(14)3-6)4-19-10-8(15)11(17)20-12(18)9(10)16/h1-3H,4H2,(H,19,20). The maximum absolute atomic E-state index is 13.5. The van der Waals surface area contributed by atoms with E-state index in [0.717, 1.165) is 6.07 Å². The number of aromatic nitrogens is 1. The molecule has 1 heterocycles. The van der Waals surface area contributed by atoms with Crippen LogP contribution >= 0.6 is 15.9 Å². The SMILES string of the molecule is Fc1cc(Br)ccc1CNc1c(F)c(F)nc(F)c1F. The number of nitrogens with zero attached hydrogens (tertiary/aromatic N) is 1. The summed E-state index contributed by atoms with van der Waals surface area (Å²) in [6.45, 7) is -0.351. The minimum Gasteiger partial charge on any atom is -0.376 e. The smallest absolute Gasteiger partial charge is 0.253 e. The second kappa shape index (κ2) is 5.74. The first kappa shape index (κ1) is 14.7. The van der Waals surface area contributed by atoms with E-state index < -0.39 is 35.0 Å². The fourth-order valence-corrected chi connectivity index (χ4v) is 1.82. The van der Waals surface area contributed by atoms with E-state index in [-0.39, 0.29) is 12.1 Å². The van der Waals surface area contributed by atoms with Crippen molar-refractivity contribution in [2.24, 2.45) is 0 Å². The number of anilines is 1. The molecule has 0 bridgehead atoms. The third-order valence-corrected chi connectivity index (χ3v) is 2.96. The molecule has 0 radical (unpaired) electrons. The van der Waals surface area contributed by atoms with Crippen molar-refractivity contribution in [1.29, 1.82) is 0 Å². The summed E-state index contributed by atoms with van der Waals surface area (Å²) in [5.74, 6) is -7.52. The van der Waals surface area contributed by atoms with E-state index in [4.69, 9.17) is 0 Å². The summed E-state index contributed by atoms with van der Waals surface area (Å²) >= 11 is 3.05. The topological polar surface area (TPSA) is 24.9 Å². The molecular formula is C12H6BrF5N2. The van der Waals surface area contributed by atoms with Crippen LogP contribution in [0.3, 0.4) is 0 Å². The van der Waals surface area contributed by atoms with Crippen molar-refractivity contribution in [3.8, 4) is 0 Å². The molecule has 0 spiro atoms. The van der Waals surface area contributed by atoms with Crippen LogP contribution in [0, 0.1) is 29.3 Å². The van der Waals surface area contributed by atoms with Gasteiger partial charge in [-0.1, -0.05) is 22.0 Å². The molecule has 1 N–H and O–H groups in total. The second-order valence-electron chi connectivity index (χ2n) is 3.79. The van der Waals surface area contributed by atoms with Crippen LogP contribution in [0.25, 0.3) is 0 Å². The number of hydrogen-bond acceptors (Lipinski definition) is 2. The van der Waals surface area contributed by atoms with Gasteiger partial charge in [-0.2, -0.15) is 22.5 Å².